The Balaban J connectivity index is 2.45. The number of carbonyl (C=O) groups is 2. The largest absolute Gasteiger partial charge is 0.442 e. The maximum absolute atomic E-state index is 11.3. The SMILES string of the molecule is CN(Cc1ccccc1)C(=O)OCC=O. The zero-order valence-electron chi connectivity index (χ0n) is 8.55. The summed E-state index contributed by atoms with van der Waals surface area (Å²) in [4.78, 5) is 22.7. The van der Waals surface area contributed by atoms with E-state index in [0.29, 0.717) is 12.8 Å². The monoisotopic (exact) mass is 207 g/mol. The van der Waals surface area contributed by atoms with E-state index < -0.39 is 6.09 Å². The van der Waals surface area contributed by atoms with Crippen molar-refractivity contribution in [3.05, 3.63) is 35.9 Å². The molecule has 0 spiro atoms. The smallest absolute Gasteiger partial charge is 0.410 e. The number of rotatable bonds is 4. The van der Waals surface area contributed by atoms with Gasteiger partial charge in [0, 0.05) is 13.6 Å². The summed E-state index contributed by atoms with van der Waals surface area (Å²) in [5.41, 5.74) is 1.02. The zero-order valence-corrected chi connectivity index (χ0v) is 8.55. The summed E-state index contributed by atoms with van der Waals surface area (Å²) in [6.45, 7) is 0.274. The summed E-state index contributed by atoms with van der Waals surface area (Å²) in [7, 11) is 1.63. The number of benzene rings is 1. The maximum atomic E-state index is 11.3. The van der Waals surface area contributed by atoms with E-state index >= 15 is 0 Å². The number of amides is 1. The molecule has 0 heterocycles. The van der Waals surface area contributed by atoms with Crippen molar-refractivity contribution in [3.63, 3.8) is 0 Å². The van der Waals surface area contributed by atoms with Crippen LogP contribution in [0.3, 0.4) is 0 Å². The molecule has 0 fully saturated rings. The van der Waals surface area contributed by atoms with Crippen molar-refractivity contribution in [1.82, 2.24) is 4.90 Å². The first-order valence-electron chi connectivity index (χ1n) is 4.59. The van der Waals surface area contributed by atoms with Crippen LogP contribution in [0.15, 0.2) is 30.3 Å². The molecular formula is C11H13NO3. The summed E-state index contributed by atoms with van der Waals surface area (Å²) < 4.78 is 4.64. The molecule has 0 atom stereocenters. The first-order chi connectivity index (χ1) is 7.24. The van der Waals surface area contributed by atoms with Crippen LogP contribution in [-0.4, -0.2) is 30.9 Å². The Hall–Kier alpha value is -1.84. The number of aldehydes is 1. The van der Waals surface area contributed by atoms with Crippen molar-refractivity contribution in [2.24, 2.45) is 0 Å². The third-order valence-electron chi connectivity index (χ3n) is 1.85. The molecule has 0 aliphatic rings. The second-order valence-electron chi connectivity index (χ2n) is 3.09. The van der Waals surface area contributed by atoms with Gasteiger partial charge in [0.05, 0.1) is 0 Å². The summed E-state index contributed by atoms with van der Waals surface area (Å²) >= 11 is 0. The van der Waals surface area contributed by atoms with Gasteiger partial charge in [0.25, 0.3) is 0 Å². The topological polar surface area (TPSA) is 46.6 Å². The highest BCUT2D eigenvalue weighted by molar-refractivity contribution is 5.69. The minimum Gasteiger partial charge on any atom is -0.442 e. The van der Waals surface area contributed by atoms with Crippen LogP contribution in [0.5, 0.6) is 0 Å². The Morgan fingerprint density at radius 1 is 1.40 bits per heavy atom. The lowest BCUT2D eigenvalue weighted by Gasteiger charge is -2.15. The molecule has 0 aliphatic heterocycles. The summed E-state index contributed by atoms with van der Waals surface area (Å²) in [6, 6.07) is 9.56. The Morgan fingerprint density at radius 2 is 2.07 bits per heavy atom. The van der Waals surface area contributed by atoms with Gasteiger partial charge < -0.3 is 9.64 Å². The van der Waals surface area contributed by atoms with Crippen molar-refractivity contribution in [2.45, 2.75) is 6.54 Å². The van der Waals surface area contributed by atoms with Gasteiger partial charge in [-0.3, -0.25) is 4.79 Å². The first kappa shape index (κ1) is 11.2. The fourth-order valence-corrected chi connectivity index (χ4v) is 1.14. The van der Waals surface area contributed by atoms with E-state index in [1.54, 1.807) is 7.05 Å². The molecule has 1 rings (SSSR count). The minimum absolute atomic E-state index is 0.196. The Bertz CT molecular complexity index is 324. The maximum Gasteiger partial charge on any atom is 0.410 e. The van der Waals surface area contributed by atoms with Gasteiger partial charge in [-0.25, -0.2) is 4.79 Å². The van der Waals surface area contributed by atoms with Crippen LogP contribution < -0.4 is 0 Å². The molecule has 0 saturated carbocycles. The first-order valence-corrected chi connectivity index (χ1v) is 4.59. The number of nitrogens with zero attached hydrogens (tertiary/aromatic N) is 1. The van der Waals surface area contributed by atoms with Crippen LogP contribution in [0.4, 0.5) is 4.79 Å². The highest BCUT2D eigenvalue weighted by Gasteiger charge is 2.09. The highest BCUT2D eigenvalue weighted by atomic mass is 16.6. The van der Waals surface area contributed by atoms with E-state index in [1.807, 2.05) is 30.3 Å². The van der Waals surface area contributed by atoms with Crippen molar-refractivity contribution in [3.8, 4) is 0 Å². The van der Waals surface area contributed by atoms with E-state index in [-0.39, 0.29) is 6.61 Å². The van der Waals surface area contributed by atoms with E-state index in [2.05, 4.69) is 4.74 Å². The number of ether oxygens (including phenoxy) is 1. The van der Waals surface area contributed by atoms with Gasteiger partial charge in [-0.1, -0.05) is 30.3 Å². The molecule has 0 bridgehead atoms. The van der Waals surface area contributed by atoms with Crippen LogP contribution >= 0.6 is 0 Å². The van der Waals surface area contributed by atoms with E-state index in [0.717, 1.165) is 5.56 Å². The normalized spacial score (nSPS) is 9.40. The summed E-state index contributed by atoms with van der Waals surface area (Å²) in [5.74, 6) is 0. The second kappa shape index (κ2) is 5.80. The summed E-state index contributed by atoms with van der Waals surface area (Å²) in [6.07, 6.45) is 0.0554. The molecule has 0 aliphatic carbocycles. The Labute approximate surface area is 88.5 Å². The molecule has 15 heavy (non-hydrogen) atoms. The van der Waals surface area contributed by atoms with Gasteiger partial charge in [0.1, 0.15) is 6.61 Å². The second-order valence-corrected chi connectivity index (χ2v) is 3.09. The average Bonchev–Trinajstić information content (AvgIpc) is 2.27. The molecule has 1 amide bonds. The predicted octanol–water partition coefficient (Wildman–Crippen LogP) is 1.45. The van der Waals surface area contributed by atoms with Gasteiger partial charge in [0.15, 0.2) is 6.29 Å². The highest BCUT2D eigenvalue weighted by Crippen LogP contribution is 2.03. The van der Waals surface area contributed by atoms with Crippen LogP contribution in [-0.2, 0) is 16.1 Å². The third kappa shape index (κ3) is 3.81. The van der Waals surface area contributed by atoms with Gasteiger partial charge >= 0.3 is 6.09 Å². The lowest BCUT2D eigenvalue weighted by molar-refractivity contribution is -0.110. The van der Waals surface area contributed by atoms with Crippen LogP contribution in [0.25, 0.3) is 0 Å². The van der Waals surface area contributed by atoms with E-state index in [9.17, 15) is 9.59 Å². The van der Waals surface area contributed by atoms with Crippen molar-refractivity contribution in [2.75, 3.05) is 13.7 Å². The fraction of sp³-hybridized carbons (Fsp3) is 0.273. The lowest BCUT2D eigenvalue weighted by Crippen LogP contribution is -2.27. The Kier molecular flexibility index (Phi) is 4.34. The predicted molar refractivity (Wildman–Crippen MR) is 55.3 cm³/mol. The standard InChI is InChI=1S/C11H13NO3/c1-12(11(14)15-8-7-13)9-10-5-3-2-4-6-10/h2-7H,8-9H2,1H3. The number of hydrogen-bond donors (Lipinski definition) is 0. The van der Waals surface area contributed by atoms with Crippen LogP contribution in [0, 0.1) is 0 Å². The van der Waals surface area contributed by atoms with Crippen molar-refractivity contribution in [1.29, 1.82) is 0 Å². The third-order valence-corrected chi connectivity index (χ3v) is 1.85. The van der Waals surface area contributed by atoms with Gasteiger partial charge in [-0.05, 0) is 5.56 Å². The average molecular weight is 207 g/mol. The molecule has 0 radical (unpaired) electrons. The molecule has 80 valence electrons. The lowest BCUT2D eigenvalue weighted by atomic mass is 10.2. The van der Waals surface area contributed by atoms with Gasteiger partial charge in [-0.15, -0.1) is 0 Å². The number of carbonyl (C=O) groups excluding carboxylic acids is 2. The van der Waals surface area contributed by atoms with Gasteiger partial charge in [0.2, 0.25) is 0 Å². The quantitative estimate of drug-likeness (QED) is 0.702. The van der Waals surface area contributed by atoms with E-state index in [1.165, 1.54) is 4.90 Å². The Morgan fingerprint density at radius 3 is 2.67 bits per heavy atom. The van der Waals surface area contributed by atoms with Crippen molar-refractivity contribution >= 4 is 12.4 Å². The summed E-state index contributed by atoms with van der Waals surface area (Å²) in [5, 5.41) is 0. The molecule has 0 unspecified atom stereocenters. The molecule has 4 heteroatoms. The van der Waals surface area contributed by atoms with Gasteiger partial charge in [-0.2, -0.15) is 0 Å². The van der Waals surface area contributed by atoms with E-state index in [4.69, 9.17) is 0 Å². The zero-order chi connectivity index (χ0) is 11.1. The van der Waals surface area contributed by atoms with Crippen LogP contribution in [0.2, 0.25) is 0 Å². The molecule has 0 aromatic heterocycles. The van der Waals surface area contributed by atoms with Crippen molar-refractivity contribution < 1.29 is 14.3 Å². The van der Waals surface area contributed by atoms with Crippen LogP contribution in [0.1, 0.15) is 5.56 Å². The number of hydrogen-bond acceptors (Lipinski definition) is 3. The molecule has 1 aromatic carbocycles. The molecule has 0 N–H and O–H groups in total. The minimum atomic E-state index is -0.494. The molecule has 1 aromatic rings. The fourth-order valence-electron chi connectivity index (χ4n) is 1.14. The molecule has 4 nitrogen and oxygen atoms in total. The molecular weight excluding hydrogens is 194 g/mol. The molecule has 0 saturated heterocycles.